The predicted molar refractivity (Wildman–Crippen MR) is 83.5 cm³/mol. The fraction of sp³-hybridized carbons (Fsp3) is 0.692. The van der Waals surface area contributed by atoms with Crippen LogP contribution in [0, 0.1) is 0 Å². The van der Waals surface area contributed by atoms with Crippen LogP contribution in [0.15, 0.2) is 0 Å². The fourth-order valence-corrected chi connectivity index (χ4v) is 3.12. The topological polar surface area (TPSA) is 74.5 Å². The lowest BCUT2D eigenvalue weighted by atomic mass is 10.4. The molecule has 2 heterocycles. The number of thiazole rings is 1. The van der Waals surface area contributed by atoms with Crippen LogP contribution in [0.1, 0.15) is 29.4 Å². The van der Waals surface area contributed by atoms with E-state index < -0.39 is 0 Å². The summed E-state index contributed by atoms with van der Waals surface area (Å²) in [6.45, 7) is 6.73. The van der Waals surface area contributed by atoms with E-state index in [-0.39, 0.29) is 5.91 Å². The molecular weight excluding hydrogens is 274 g/mol. The standard InChI is InChI=1S/C13H23N5OS/c1-3-17(2)13-16-11(14)10(20-13)12(19)15-6-9-18-7-4-5-8-18/h3-9,14H2,1-2H3,(H,15,19). The zero-order valence-corrected chi connectivity index (χ0v) is 13.0. The van der Waals surface area contributed by atoms with E-state index in [0.29, 0.717) is 17.2 Å². The summed E-state index contributed by atoms with van der Waals surface area (Å²) in [5.41, 5.74) is 5.83. The van der Waals surface area contributed by atoms with Crippen LogP contribution in [-0.4, -0.2) is 55.6 Å². The van der Waals surface area contributed by atoms with Crippen LogP contribution in [0.5, 0.6) is 0 Å². The highest BCUT2D eigenvalue weighted by Gasteiger charge is 2.18. The molecule has 6 nitrogen and oxygen atoms in total. The maximum Gasteiger partial charge on any atom is 0.265 e. The number of anilines is 2. The Kier molecular flexibility index (Phi) is 5.19. The molecule has 0 saturated carbocycles. The average molecular weight is 297 g/mol. The molecule has 112 valence electrons. The molecule has 1 aromatic heterocycles. The molecule has 20 heavy (non-hydrogen) atoms. The van der Waals surface area contributed by atoms with Crippen LogP contribution in [0.2, 0.25) is 0 Å². The van der Waals surface area contributed by atoms with Crippen molar-refractivity contribution >= 4 is 28.2 Å². The van der Waals surface area contributed by atoms with Gasteiger partial charge in [-0.2, -0.15) is 0 Å². The number of hydrogen-bond donors (Lipinski definition) is 2. The van der Waals surface area contributed by atoms with Gasteiger partial charge in [0.2, 0.25) is 0 Å². The Bertz CT molecular complexity index is 456. The van der Waals surface area contributed by atoms with Gasteiger partial charge in [0, 0.05) is 26.7 Å². The zero-order chi connectivity index (χ0) is 14.5. The number of nitrogens with zero attached hydrogens (tertiary/aromatic N) is 3. The van der Waals surface area contributed by atoms with E-state index in [0.717, 1.165) is 31.3 Å². The van der Waals surface area contributed by atoms with Gasteiger partial charge in [0.15, 0.2) is 5.13 Å². The van der Waals surface area contributed by atoms with E-state index >= 15 is 0 Å². The summed E-state index contributed by atoms with van der Waals surface area (Å²) in [6, 6.07) is 0. The molecule has 1 aromatic rings. The predicted octanol–water partition coefficient (Wildman–Crippen LogP) is 1.01. The van der Waals surface area contributed by atoms with Gasteiger partial charge in [-0.25, -0.2) is 4.98 Å². The second-order valence-corrected chi connectivity index (χ2v) is 6.01. The van der Waals surface area contributed by atoms with Crippen molar-refractivity contribution in [1.29, 1.82) is 0 Å². The number of carbonyl (C=O) groups excluding carboxylic acids is 1. The summed E-state index contributed by atoms with van der Waals surface area (Å²) in [7, 11) is 1.94. The largest absolute Gasteiger partial charge is 0.382 e. The quantitative estimate of drug-likeness (QED) is 0.819. The third kappa shape index (κ3) is 3.61. The van der Waals surface area contributed by atoms with Crippen molar-refractivity contribution in [3.63, 3.8) is 0 Å². The lowest BCUT2D eigenvalue weighted by Crippen LogP contribution is -2.33. The van der Waals surface area contributed by atoms with Crippen LogP contribution in [0.4, 0.5) is 10.9 Å². The highest BCUT2D eigenvalue weighted by atomic mass is 32.1. The molecule has 0 radical (unpaired) electrons. The van der Waals surface area contributed by atoms with Gasteiger partial charge in [-0.05, 0) is 32.9 Å². The minimum atomic E-state index is -0.116. The van der Waals surface area contributed by atoms with Crippen LogP contribution in [-0.2, 0) is 0 Å². The van der Waals surface area contributed by atoms with Crippen molar-refractivity contribution in [3.8, 4) is 0 Å². The molecule has 1 aliphatic heterocycles. The van der Waals surface area contributed by atoms with Crippen LogP contribution < -0.4 is 16.0 Å². The maximum atomic E-state index is 12.1. The van der Waals surface area contributed by atoms with E-state index in [4.69, 9.17) is 5.73 Å². The monoisotopic (exact) mass is 297 g/mol. The van der Waals surface area contributed by atoms with Crippen molar-refractivity contribution < 1.29 is 4.79 Å². The number of rotatable bonds is 6. The minimum Gasteiger partial charge on any atom is -0.382 e. The summed E-state index contributed by atoms with van der Waals surface area (Å²) in [4.78, 5) is 21.2. The first-order valence-electron chi connectivity index (χ1n) is 7.09. The Hall–Kier alpha value is -1.34. The number of hydrogen-bond acceptors (Lipinski definition) is 6. The molecule has 0 spiro atoms. The molecular formula is C13H23N5OS. The lowest BCUT2D eigenvalue weighted by Gasteiger charge is -2.14. The summed E-state index contributed by atoms with van der Waals surface area (Å²) >= 11 is 1.35. The molecule has 1 aliphatic rings. The van der Waals surface area contributed by atoms with E-state index in [1.807, 2.05) is 18.9 Å². The first-order chi connectivity index (χ1) is 9.61. The lowest BCUT2D eigenvalue weighted by molar-refractivity contribution is 0.0954. The van der Waals surface area contributed by atoms with Gasteiger partial charge in [0.05, 0.1) is 0 Å². The average Bonchev–Trinajstić information content (AvgIpc) is 3.07. The molecule has 0 unspecified atom stereocenters. The third-order valence-corrected chi connectivity index (χ3v) is 4.75. The second kappa shape index (κ2) is 6.90. The summed E-state index contributed by atoms with van der Waals surface area (Å²) in [5, 5.41) is 3.71. The van der Waals surface area contributed by atoms with Crippen LogP contribution in [0.3, 0.4) is 0 Å². The first kappa shape index (κ1) is 15.1. The van der Waals surface area contributed by atoms with Gasteiger partial charge in [-0.15, -0.1) is 0 Å². The highest BCUT2D eigenvalue weighted by Crippen LogP contribution is 2.27. The minimum absolute atomic E-state index is 0.116. The zero-order valence-electron chi connectivity index (χ0n) is 12.2. The number of aromatic nitrogens is 1. The number of carbonyl (C=O) groups is 1. The molecule has 2 rings (SSSR count). The van der Waals surface area contributed by atoms with Gasteiger partial charge in [-0.3, -0.25) is 4.79 Å². The highest BCUT2D eigenvalue weighted by molar-refractivity contribution is 7.18. The van der Waals surface area contributed by atoms with Crippen molar-refractivity contribution in [1.82, 2.24) is 15.2 Å². The Morgan fingerprint density at radius 2 is 2.20 bits per heavy atom. The fourth-order valence-electron chi connectivity index (χ4n) is 2.20. The van der Waals surface area contributed by atoms with Gasteiger partial charge in [0.25, 0.3) is 5.91 Å². The maximum absolute atomic E-state index is 12.1. The van der Waals surface area contributed by atoms with Crippen molar-refractivity contribution in [2.75, 3.05) is 50.4 Å². The number of likely N-dealkylation sites (tertiary alicyclic amines) is 1. The molecule has 0 aliphatic carbocycles. The summed E-state index contributed by atoms with van der Waals surface area (Å²) in [6.07, 6.45) is 2.53. The molecule has 1 saturated heterocycles. The van der Waals surface area contributed by atoms with Crippen LogP contribution in [0.25, 0.3) is 0 Å². The Morgan fingerprint density at radius 1 is 1.50 bits per heavy atom. The molecule has 3 N–H and O–H groups in total. The molecule has 0 aromatic carbocycles. The van der Waals surface area contributed by atoms with Gasteiger partial charge >= 0.3 is 0 Å². The molecule has 0 atom stereocenters. The normalized spacial score (nSPS) is 15.5. The van der Waals surface area contributed by atoms with Crippen molar-refractivity contribution in [3.05, 3.63) is 4.88 Å². The Morgan fingerprint density at radius 3 is 2.85 bits per heavy atom. The number of nitrogens with two attached hydrogens (primary N) is 1. The van der Waals surface area contributed by atoms with Crippen LogP contribution >= 0.6 is 11.3 Å². The summed E-state index contributed by atoms with van der Waals surface area (Å²) < 4.78 is 0. The van der Waals surface area contributed by atoms with Gasteiger partial charge in [-0.1, -0.05) is 11.3 Å². The molecule has 0 bridgehead atoms. The molecule has 1 amide bonds. The van der Waals surface area contributed by atoms with Gasteiger partial charge < -0.3 is 20.9 Å². The van der Waals surface area contributed by atoms with E-state index in [2.05, 4.69) is 15.2 Å². The Labute approximate surface area is 124 Å². The third-order valence-electron chi connectivity index (χ3n) is 3.56. The summed E-state index contributed by atoms with van der Waals surface area (Å²) in [5.74, 6) is 0.207. The molecule has 7 heteroatoms. The SMILES string of the molecule is CCN(C)c1nc(N)c(C(=O)NCCN2CCCC2)s1. The van der Waals surface area contributed by atoms with E-state index in [1.54, 1.807) is 0 Å². The first-order valence-corrected chi connectivity index (χ1v) is 7.91. The van der Waals surface area contributed by atoms with Crippen molar-refractivity contribution in [2.24, 2.45) is 0 Å². The smallest absolute Gasteiger partial charge is 0.265 e. The van der Waals surface area contributed by atoms with Gasteiger partial charge in [0.1, 0.15) is 10.7 Å². The van der Waals surface area contributed by atoms with E-state index in [9.17, 15) is 4.79 Å². The van der Waals surface area contributed by atoms with Crippen molar-refractivity contribution in [2.45, 2.75) is 19.8 Å². The second-order valence-electron chi connectivity index (χ2n) is 5.03. The van der Waals surface area contributed by atoms with E-state index in [1.165, 1.54) is 24.2 Å². The Balaban J connectivity index is 1.86. The number of nitrogens with one attached hydrogen (secondary N) is 1. The number of nitrogen functional groups attached to an aromatic ring is 1. The molecule has 1 fully saturated rings. The number of amides is 1.